The van der Waals surface area contributed by atoms with Crippen LogP contribution in [0.25, 0.3) is 0 Å². The van der Waals surface area contributed by atoms with Gasteiger partial charge in [0.05, 0.1) is 4.87 Å². The zero-order valence-electron chi connectivity index (χ0n) is 15.9. The molecule has 0 saturated carbocycles. The quantitative estimate of drug-likeness (QED) is 0.791. The molecular formula is C21H30N2O2S. The number of aryl methyl sites for hydroxylation is 1. The lowest BCUT2D eigenvalue weighted by Crippen LogP contribution is -2.53. The maximum atomic E-state index is 12.9. The summed E-state index contributed by atoms with van der Waals surface area (Å²) >= 11 is 1.92. The van der Waals surface area contributed by atoms with Gasteiger partial charge in [-0.1, -0.05) is 44.2 Å². The van der Waals surface area contributed by atoms with Crippen LogP contribution >= 0.6 is 11.8 Å². The molecular weight excluding hydrogens is 344 g/mol. The van der Waals surface area contributed by atoms with Crippen LogP contribution in [0.5, 0.6) is 0 Å². The summed E-state index contributed by atoms with van der Waals surface area (Å²) < 4.78 is 0. The van der Waals surface area contributed by atoms with Crippen LogP contribution in [0.4, 0.5) is 0 Å². The third-order valence-corrected chi connectivity index (χ3v) is 6.98. The largest absolute Gasteiger partial charge is 0.342 e. The molecule has 1 aromatic carbocycles. The monoisotopic (exact) mass is 374 g/mol. The Morgan fingerprint density at radius 1 is 1.08 bits per heavy atom. The van der Waals surface area contributed by atoms with Gasteiger partial charge >= 0.3 is 0 Å². The fourth-order valence-corrected chi connectivity index (χ4v) is 5.46. The Bertz CT molecular complexity index is 624. The molecule has 26 heavy (non-hydrogen) atoms. The van der Waals surface area contributed by atoms with Gasteiger partial charge in [-0.15, -0.1) is 11.8 Å². The average molecular weight is 375 g/mol. The van der Waals surface area contributed by atoms with E-state index >= 15 is 0 Å². The molecule has 2 amide bonds. The van der Waals surface area contributed by atoms with E-state index in [-0.39, 0.29) is 16.7 Å². The normalized spacial score (nSPS) is 19.3. The second kappa shape index (κ2) is 8.47. The number of amides is 2. The number of rotatable bonds is 5. The Morgan fingerprint density at radius 3 is 2.42 bits per heavy atom. The zero-order valence-corrected chi connectivity index (χ0v) is 16.8. The number of hydrogen-bond acceptors (Lipinski definition) is 3. The van der Waals surface area contributed by atoms with E-state index in [1.54, 1.807) is 0 Å². The van der Waals surface area contributed by atoms with E-state index in [0.717, 1.165) is 44.6 Å². The summed E-state index contributed by atoms with van der Waals surface area (Å²) in [6.45, 7) is 6.58. The minimum absolute atomic E-state index is 0.0810. The average Bonchev–Trinajstić information content (AvgIpc) is 3.03. The molecule has 0 bridgehead atoms. The van der Waals surface area contributed by atoms with E-state index in [1.165, 1.54) is 5.56 Å². The van der Waals surface area contributed by atoms with Crippen LogP contribution in [0.2, 0.25) is 0 Å². The molecule has 2 fully saturated rings. The van der Waals surface area contributed by atoms with Crippen LogP contribution in [0, 0.1) is 5.92 Å². The predicted molar refractivity (Wildman–Crippen MR) is 107 cm³/mol. The molecule has 0 aromatic heterocycles. The lowest BCUT2D eigenvalue weighted by Gasteiger charge is -2.44. The number of thioether (sulfide) groups is 1. The molecule has 0 atom stereocenters. The third-order valence-electron chi connectivity index (χ3n) is 5.43. The number of piperidine rings is 1. The van der Waals surface area contributed by atoms with Gasteiger partial charge in [0.25, 0.3) is 0 Å². The summed E-state index contributed by atoms with van der Waals surface area (Å²) in [5.74, 6) is 1.94. The number of carbonyl (C=O) groups is 2. The molecule has 0 aliphatic carbocycles. The Balaban J connectivity index is 1.56. The van der Waals surface area contributed by atoms with Crippen LogP contribution in [0.15, 0.2) is 30.3 Å². The molecule has 5 heteroatoms. The minimum Gasteiger partial charge on any atom is -0.342 e. The third kappa shape index (κ3) is 4.43. The minimum atomic E-state index is -0.0810. The van der Waals surface area contributed by atoms with Gasteiger partial charge in [-0.2, -0.15) is 0 Å². The number of likely N-dealkylation sites (tertiary alicyclic amines) is 1. The molecule has 1 aromatic rings. The van der Waals surface area contributed by atoms with Crippen molar-refractivity contribution in [3.05, 3.63) is 35.9 Å². The van der Waals surface area contributed by atoms with Gasteiger partial charge in [0.1, 0.15) is 0 Å². The van der Waals surface area contributed by atoms with Crippen molar-refractivity contribution < 1.29 is 9.59 Å². The van der Waals surface area contributed by atoms with Crippen LogP contribution in [-0.4, -0.2) is 51.9 Å². The topological polar surface area (TPSA) is 40.6 Å². The molecule has 4 nitrogen and oxygen atoms in total. The number of nitrogens with zero attached hydrogens (tertiary/aromatic N) is 2. The fourth-order valence-electron chi connectivity index (χ4n) is 3.99. The second-order valence-electron chi connectivity index (χ2n) is 7.80. The predicted octanol–water partition coefficient (Wildman–Crippen LogP) is 3.56. The molecule has 3 rings (SSSR count). The van der Waals surface area contributed by atoms with Gasteiger partial charge in [0, 0.05) is 38.2 Å². The van der Waals surface area contributed by atoms with Crippen molar-refractivity contribution in [2.45, 2.75) is 50.8 Å². The van der Waals surface area contributed by atoms with Crippen molar-refractivity contribution >= 4 is 23.6 Å². The molecule has 2 saturated heterocycles. The van der Waals surface area contributed by atoms with Crippen molar-refractivity contribution in [1.29, 1.82) is 0 Å². The van der Waals surface area contributed by atoms with E-state index in [4.69, 9.17) is 0 Å². The van der Waals surface area contributed by atoms with Gasteiger partial charge in [-0.3, -0.25) is 9.59 Å². The van der Waals surface area contributed by atoms with Crippen LogP contribution < -0.4 is 0 Å². The molecule has 2 heterocycles. The van der Waals surface area contributed by atoms with E-state index < -0.39 is 0 Å². The first-order chi connectivity index (χ1) is 12.5. The van der Waals surface area contributed by atoms with Gasteiger partial charge in [0.2, 0.25) is 11.8 Å². The Labute approximate surface area is 161 Å². The standard InChI is InChI=1S/C21H30N2O2S/c1-17(2)16-20(25)22-12-10-21(11-13-22)23(14-15-26-21)19(24)9-8-18-6-4-3-5-7-18/h3-7,17H,8-16H2,1-2H3. The number of hydrogen-bond donors (Lipinski definition) is 0. The van der Waals surface area contributed by atoms with E-state index in [9.17, 15) is 9.59 Å². The summed E-state index contributed by atoms with van der Waals surface area (Å²) in [6.07, 6.45) is 3.80. The highest BCUT2D eigenvalue weighted by atomic mass is 32.2. The summed E-state index contributed by atoms with van der Waals surface area (Å²) in [4.78, 5) is 29.2. The zero-order chi connectivity index (χ0) is 18.6. The lowest BCUT2D eigenvalue weighted by molar-refractivity contribution is -0.137. The summed E-state index contributed by atoms with van der Waals surface area (Å²) in [5, 5.41) is 0. The van der Waals surface area contributed by atoms with Crippen molar-refractivity contribution in [3.63, 3.8) is 0 Å². The highest BCUT2D eigenvalue weighted by Crippen LogP contribution is 2.44. The van der Waals surface area contributed by atoms with Gasteiger partial charge in [0.15, 0.2) is 0 Å². The first-order valence-electron chi connectivity index (χ1n) is 9.76. The Morgan fingerprint density at radius 2 is 1.77 bits per heavy atom. The lowest BCUT2D eigenvalue weighted by atomic mass is 9.99. The summed E-state index contributed by atoms with van der Waals surface area (Å²) in [5.41, 5.74) is 1.22. The van der Waals surface area contributed by atoms with Crippen molar-refractivity contribution in [1.82, 2.24) is 9.80 Å². The summed E-state index contributed by atoms with van der Waals surface area (Å²) in [7, 11) is 0. The summed E-state index contributed by atoms with van der Waals surface area (Å²) in [6, 6.07) is 10.2. The Kier molecular flexibility index (Phi) is 6.28. The van der Waals surface area contributed by atoms with Gasteiger partial charge in [-0.05, 0) is 30.7 Å². The van der Waals surface area contributed by atoms with E-state index in [1.807, 2.05) is 34.9 Å². The van der Waals surface area contributed by atoms with E-state index in [0.29, 0.717) is 18.8 Å². The molecule has 0 unspecified atom stereocenters. The number of benzene rings is 1. The molecule has 0 radical (unpaired) electrons. The highest BCUT2D eigenvalue weighted by Gasteiger charge is 2.46. The molecule has 142 valence electrons. The van der Waals surface area contributed by atoms with Crippen LogP contribution in [-0.2, 0) is 16.0 Å². The van der Waals surface area contributed by atoms with Gasteiger partial charge < -0.3 is 9.80 Å². The molecule has 1 spiro atoms. The second-order valence-corrected chi connectivity index (χ2v) is 9.26. The van der Waals surface area contributed by atoms with Crippen molar-refractivity contribution in [2.24, 2.45) is 5.92 Å². The van der Waals surface area contributed by atoms with Crippen LogP contribution in [0.3, 0.4) is 0 Å². The first-order valence-corrected chi connectivity index (χ1v) is 10.7. The smallest absolute Gasteiger partial charge is 0.224 e. The molecule has 2 aliphatic rings. The van der Waals surface area contributed by atoms with Gasteiger partial charge in [-0.25, -0.2) is 0 Å². The molecule has 2 aliphatic heterocycles. The first kappa shape index (κ1) is 19.3. The molecule has 0 N–H and O–H groups in total. The maximum Gasteiger partial charge on any atom is 0.224 e. The maximum absolute atomic E-state index is 12.9. The fraction of sp³-hybridized carbons (Fsp3) is 0.619. The highest BCUT2D eigenvalue weighted by molar-refractivity contribution is 8.00. The van der Waals surface area contributed by atoms with Crippen molar-refractivity contribution in [2.75, 3.05) is 25.4 Å². The number of carbonyl (C=O) groups excluding carboxylic acids is 2. The van der Waals surface area contributed by atoms with E-state index in [2.05, 4.69) is 30.9 Å². The Hall–Kier alpha value is -1.49. The van der Waals surface area contributed by atoms with Crippen LogP contribution in [0.1, 0.15) is 45.1 Å². The van der Waals surface area contributed by atoms with Crippen molar-refractivity contribution in [3.8, 4) is 0 Å². The SMILES string of the molecule is CC(C)CC(=O)N1CCC2(CC1)SCCN2C(=O)CCc1ccccc1.